The fourth-order valence-electron chi connectivity index (χ4n) is 3.72. The number of hydrogen-bond acceptors (Lipinski definition) is 1. The van der Waals surface area contributed by atoms with Crippen LogP contribution in [0.1, 0.15) is 29.3 Å². The Hall–Kier alpha value is -2.17. The molecule has 0 spiro atoms. The highest BCUT2D eigenvalue weighted by Gasteiger charge is 2.28. The van der Waals surface area contributed by atoms with Crippen LogP contribution in [0.4, 0.5) is 8.78 Å². The highest BCUT2D eigenvalue weighted by atomic mass is 35.5. The van der Waals surface area contributed by atoms with Crippen LogP contribution in [0.5, 0.6) is 0 Å². The van der Waals surface area contributed by atoms with Crippen molar-refractivity contribution in [2.75, 3.05) is 6.54 Å². The van der Waals surface area contributed by atoms with E-state index in [-0.39, 0.29) is 11.9 Å². The Morgan fingerprint density at radius 2 is 1.81 bits per heavy atom. The van der Waals surface area contributed by atoms with Gasteiger partial charge in [0.2, 0.25) is 0 Å². The predicted octanol–water partition coefficient (Wildman–Crippen LogP) is 5.42. The van der Waals surface area contributed by atoms with Crippen molar-refractivity contribution < 1.29 is 8.78 Å². The topological polar surface area (TPSA) is 8.17 Å². The first-order chi connectivity index (χ1) is 12.6. The van der Waals surface area contributed by atoms with Crippen molar-refractivity contribution in [3.63, 3.8) is 0 Å². The van der Waals surface area contributed by atoms with Gasteiger partial charge in [0, 0.05) is 42.1 Å². The number of benzene rings is 2. The van der Waals surface area contributed by atoms with Crippen LogP contribution in [0.3, 0.4) is 0 Å². The smallest absolute Gasteiger partial charge is 0.127 e. The van der Waals surface area contributed by atoms with E-state index in [1.54, 1.807) is 0 Å². The molecule has 1 aliphatic rings. The van der Waals surface area contributed by atoms with Crippen molar-refractivity contribution >= 4 is 11.6 Å². The summed E-state index contributed by atoms with van der Waals surface area (Å²) < 4.78 is 30.1. The number of hydrogen-bond donors (Lipinski definition) is 0. The average Bonchev–Trinajstić information content (AvgIpc) is 3.01. The molecular formula is C21H19ClF2N2. The molecule has 0 amide bonds. The highest BCUT2D eigenvalue weighted by molar-refractivity contribution is 6.30. The molecule has 4 rings (SSSR count). The average molecular weight is 373 g/mol. The van der Waals surface area contributed by atoms with Crippen molar-refractivity contribution in [1.82, 2.24) is 9.47 Å². The molecule has 0 saturated carbocycles. The quantitative estimate of drug-likeness (QED) is 0.596. The Morgan fingerprint density at radius 3 is 2.62 bits per heavy atom. The summed E-state index contributed by atoms with van der Waals surface area (Å²) >= 11 is 6.06. The van der Waals surface area contributed by atoms with Crippen LogP contribution in [0.2, 0.25) is 5.02 Å². The maximum Gasteiger partial charge on any atom is 0.127 e. The Labute approximate surface area is 156 Å². The lowest BCUT2D eigenvalue weighted by Gasteiger charge is -2.31. The van der Waals surface area contributed by atoms with Gasteiger partial charge in [-0.1, -0.05) is 23.7 Å². The van der Waals surface area contributed by atoms with Crippen LogP contribution in [0.15, 0.2) is 60.8 Å². The molecule has 0 radical (unpaired) electrons. The Kier molecular flexibility index (Phi) is 4.79. The second-order valence-corrected chi connectivity index (χ2v) is 7.08. The van der Waals surface area contributed by atoms with Crippen LogP contribution in [-0.2, 0) is 13.1 Å². The van der Waals surface area contributed by atoms with Crippen molar-refractivity contribution in [1.29, 1.82) is 0 Å². The molecule has 134 valence electrons. The molecule has 0 N–H and O–H groups in total. The van der Waals surface area contributed by atoms with Gasteiger partial charge in [-0.3, -0.25) is 4.90 Å². The predicted molar refractivity (Wildman–Crippen MR) is 99.1 cm³/mol. The fourth-order valence-corrected chi connectivity index (χ4v) is 3.85. The Morgan fingerprint density at radius 1 is 1.00 bits per heavy atom. The summed E-state index contributed by atoms with van der Waals surface area (Å²) in [6, 6.07) is 15.5. The van der Waals surface area contributed by atoms with Gasteiger partial charge in [-0.2, -0.15) is 0 Å². The van der Waals surface area contributed by atoms with Crippen LogP contribution < -0.4 is 0 Å². The summed E-state index contributed by atoms with van der Waals surface area (Å²) in [6.45, 7) is 2.06. The lowest BCUT2D eigenvalue weighted by molar-refractivity contribution is 0.217. The van der Waals surface area contributed by atoms with E-state index < -0.39 is 5.82 Å². The summed E-state index contributed by atoms with van der Waals surface area (Å²) in [5.41, 5.74) is 2.62. The minimum Gasteiger partial charge on any atom is -0.350 e. The van der Waals surface area contributed by atoms with Gasteiger partial charge in [-0.05, 0) is 54.4 Å². The van der Waals surface area contributed by atoms with E-state index in [1.807, 2.05) is 30.3 Å². The zero-order valence-corrected chi connectivity index (χ0v) is 15.0. The van der Waals surface area contributed by atoms with Gasteiger partial charge in [0.25, 0.3) is 0 Å². The Balaban J connectivity index is 1.75. The van der Waals surface area contributed by atoms with Crippen LogP contribution in [0.25, 0.3) is 0 Å². The molecule has 1 unspecified atom stereocenters. The van der Waals surface area contributed by atoms with Gasteiger partial charge in [-0.25, -0.2) is 8.78 Å². The third-order valence-corrected chi connectivity index (χ3v) is 5.17. The van der Waals surface area contributed by atoms with E-state index in [9.17, 15) is 8.78 Å². The number of aromatic nitrogens is 1. The second kappa shape index (κ2) is 7.22. The van der Waals surface area contributed by atoms with Crippen molar-refractivity contribution in [2.24, 2.45) is 0 Å². The zero-order chi connectivity index (χ0) is 18.1. The van der Waals surface area contributed by atoms with Gasteiger partial charge in [0.05, 0.1) is 6.04 Å². The lowest BCUT2D eigenvalue weighted by Crippen LogP contribution is -2.30. The molecule has 0 fully saturated rings. The first-order valence-corrected chi connectivity index (χ1v) is 9.08. The molecule has 2 nitrogen and oxygen atoms in total. The number of aryl methyl sites for hydroxylation is 1. The molecule has 2 heterocycles. The number of halogens is 3. The summed E-state index contributed by atoms with van der Waals surface area (Å²) in [5, 5.41) is 0.681. The van der Waals surface area contributed by atoms with E-state index in [0.29, 0.717) is 17.1 Å². The standard InChI is InChI=1S/C21H19ClF2N2/c22-17-6-4-15(5-7-17)21-20-3-1-10-25(20)11-2-12-26(21)14-16-13-18(23)8-9-19(16)24/h1,3-10,13,21H,2,11-12,14H2. The zero-order valence-electron chi connectivity index (χ0n) is 14.2. The van der Waals surface area contributed by atoms with E-state index >= 15 is 0 Å². The number of rotatable bonds is 3. The SMILES string of the molecule is Fc1ccc(F)c(CN2CCCn3cccc3C2c2ccc(Cl)cc2)c1. The van der Waals surface area contributed by atoms with E-state index in [2.05, 4.69) is 21.7 Å². The third kappa shape index (κ3) is 3.39. The molecule has 26 heavy (non-hydrogen) atoms. The summed E-state index contributed by atoms with van der Waals surface area (Å²) in [4.78, 5) is 2.21. The number of fused-ring (bicyclic) bond motifs is 1. The van der Waals surface area contributed by atoms with E-state index in [0.717, 1.165) is 36.8 Å². The summed E-state index contributed by atoms with van der Waals surface area (Å²) in [6.07, 6.45) is 3.02. The van der Waals surface area contributed by atoms with E-state index in [4.69, 9.17) is 11.6 Å². The molecule has 5 heteroatoms. The van der Waals surface area contributed by atoms with Crippen molar-refractivity contribution in [3.8, 4) is 0 Å². The first kappa shape index (κ1) is 17.3. The molecule has 1 aromatic heterocycles. The monoisotopic (exact) mass is 372 g/mol. The number of nitrogens with zero attached hydrogens (tertiary/aromatic N) is 2. The van der Waals surface area contributed by atoms with Crippen molar-refractivity contribution in [3.05, 3.63) is 94.3 Å². The molecule has 1 atom stereocenters. The molecular weight excluding hydrogens is 354 g/mol. The molecule has 2 aromatic carbocycles. The Bertz CT molecular complexity index is 905. The third-order valence-electron chi connectivity index (χ3n) is 4.92. The largest absolute Gasteiger partial charge is 0.350 e. The second-order valence-electron chi connectivity index (χ2n) is 6.64. The maximum atomic E-state index is 14.2. The van der Waals surface area contributed by atoms with Crippen LogP contribution in [0, 0.1) is 11.6 Å². The lowest BCUT2D eigenvalue weighted by atomic mass is 10.0. The first-order valence-electron chi connectivity index (χ1n) is 8.70. The molecule has 0 bridgehead atoms. The molecule has 0 saturated heterocycles. The van der Waals surface area contributed by atoms with Gasteiger partial charge >= 0.3 is 0 Å². The van der Waals surface area contributed by atoms with Gasteiger partial charge in [0.15, 0.2) is 0 Å². The minimum atomic E-state index is -0.414. The highest BCUT2D eigenvalue weighted by Crippen LogP contribution is 2.33. The normalized spacial score (nSPS) is 17.7. The van der Waals surface area contributed by atoms with Gasteiger partial charge in [0.1, 0.15) is 11.6 Å². The minimum absolute atomic E-state index is 0.0348. The summed E-state index contributed by atoms with van der Waals surface area (Å²) in [7, 11) is 0. The molecule has 1 aliphatic heterocycles. The van der Waals surface area contributed by atoms with Crippen molar-refractivity contribution in [2.45, 2.75) is 25.6 Å². The fraction of sp³-hybridized carbons (Fsp3) is 0.238. The molecule has 3 aromatic rings. The van der Waals surface area contributed by atoms with E-state index in [1.165, 1.54) is 12.1 Å². The maximum absolute atomic E-state index is 14.2. The molecule has 0 aliphatic carbocycles. The van der Waals surface area contributed by atoms with Crippen LogP contribution in [-0.4, -0.2) is 16.0 Å². The summed E-state index contributed by atoms with van der Waals surface area (Å²) in [5.74, 6) is -0.788. The van der Waals surface area contributed by atoms with Gasteiger partial charge < -0.3 is 4.57 Å². The van der Waals surface area contributed by atoms with Crippen LogP contribution >= 0.6 is 11.6 Å². The van der Waals surface area contributed by atoms with Gasteiger partial charge in [-0.15, -0.1) is 0 Å².